The summed E-state index contributed by atoms with van der Waals surface area (Å²) in [5.41, 5.74) is 3.08. The Hall–Kier alpha value is -1.58. The maximum atomic E-state index is 6.06. The molecule has 0 radical (unpaired) electrons. The van der Waals surface area contributed by atoms with E-state index in [-0.39, 0.29) is 0 Å². The molecule has 3 rings (SSSR count). The maximum absolute atomic E-state index is 6.06. The van der Waals surface area contributed by atoms with Gasteiger partial charge in [-0.05, 0) is 30.7 Å². The summed E-state index contributed by atoms with van der Waals surface area (Å²) in [5.74, 6) is 0.471. The molecule has 2 aromatic heterocycles. The van der Waals surface area contributed by atoms with Crippen molar-refractivity contribution in [3.8, 4) is 11.5 Å². The lowest BCUT2D eigenvalue weighted by atomic mass is 10.2. The van der Waals surface area contributed by atoms with Crippen LogP contribution in [0.3, 0.4) is 0 Å². The molecule has 0 atom stereocenters. The van der Waals surface area contributed by atoms with Crippen molar-refractivity contribution in [1.29, 1.82) is 0 Å². The molecule has 0 spiro atoms. The smallest absolute Gasteiger partial charge is 0.228 e. The Morgan fingerprint density at radius 1 is 1.17 bits per heavy atom. The highest BCUT2D eigenvalue weighted by molar-refractivity contribution is 6.33. The molecule has 3 aromatic rings. The Labute approximate surface area is 113 Å². The van der Waals surface area contributed by atoms with E-state index in [9.17, 15) is 0 Å². The number of nitrogens with zero attached hydrogens (tertiary/aromatic N) is 2. The van der Waals surface area contributed by atoms with Gasteiger partial charge in [0.2, 0.25) is 5.89 Å². The van der Waals surface area contributed by atoms with Gasteiger partial charge in [-0.15, -0.1) is 0 Å². The SMILES string of the molecule is Cc1cc2oc(-c3ccncc3Cl)nc2cc1Cl. The van der Waals surface area contributed by atoms with Crippen molar-refractivity contribution in [2.75, 3.05) is 0 Å². The summed E-state index contributed by atoms with van der Waals surface area (Å²) in [6, 6.07) is 5.42. The molecule has 0 unspecified atom stereocenters. The average molecular weight is 279 g/mol. The summed E-state index contributed by atoms with van der Waals surface area (Å²) >= 11 is 12.1. The molecule has 2 heterocycles. The lowest BCUT2D eigenvalue weighted by Crippen LogP contribution is -1.80. The van der Waals surface area contributed by atoms with E-state index in [4.69, 9.17) is 27.6 Å². The first-order valence-electron chi connectivity index (χ1n) is 5.32. The number of hydrogen-bond acceptors (Lipinski definition) is 3. The van der Waals surface area contributed by atoms with Crippen molar-refractivity contribution in [1.82, 2.24) is 9.97 Å². The molecule has 0 N–H and O–H groups in total. The summed E-state index contributed by atoms with van der Waals surface area (Å²) < 4.78 is 5.69. The Morgan fingerprint density at radius 3 is 2.78 bits per heavy atom. The van der Waals surface area contributed by atoms with Gasteiger partial charge in [0.05, 0.1) is 10.6 Å². The van der Waals surface area contributed by atoms with E-state index in [1.807, 2.05) is 13.0 Å². The molecule has 90 valence electrons. The molecule has 1 aromatic carbocycles. The topological polar surface area (TPSA) is 38.9 Å². The van der Waals surface area contributed by atoms with Gasteiger partial charge in [0.1, 0.15) is 5.52 Å². The number of oxazole rings is 1. The van der Waals surface area contributed by atoms with Crippen LogP contribution in [0.5, 0.6) is 0 Å². The van der Waals surface area contributed by atoms with Gasteiger partial charge in [0, 0.05) is 17.4 Å². The lowest BCUT2D eigenvalue weighted by Gasteiger charge is -1.96. The van der Waals surface area contributed by atoms with Gasteiger partial charge in [0.15, 0.2) is 5.58 Å². The summed E-state index contributed by atoms with van der Waals surface area (Å²) in [4.78, 5) is 8.31. The molecule has 0 aliphatic rings. The highest BCUT2D eigenvalue weighted by Gasteiger charge is 2.12. The van der Waals surface area contributed by atoms with Gasteiger partial charge in [-0.3, -0.25) is 4.98 Å². The zero-order valence-corrected chi connectivity index (χ0v) is 11.0. The summed E-state index contributed by atoms with van der Waals surface area (Å²) in [6.07, 6.45) is 3.21. The quantitative estimate of drug-likeness (QED) is 0.658. The van der Waals surface area contributed by atoms with Crippen LogP contribution in [0.25, 0.3) is 22.6 Å². The van der Waals surface area contributed by atoms with Crippen LogP contribution in [0.2, 0.25) is 10.0 Å². The van der Waals surface area contributed by atoms with Crippen LogP contribution in [0.15, 0.2) is 35.0 Å². The summed E-state index contributed by atoms with van der Waals surface area (Å²) in [7, 11) is 0. The normalized spacial score (nSPS) is 11.1. The van der Waals surface area contributed by atoms with Crippen LogP contribution in [0.1, 0.15) is 5.56 Å². The van der Waals surface area contributed by atoms with Gasteiger partial charge in [-0.25, -0.2) is 4.98 Å². The zero-order valence-electron chi connectivity index (χ0n) is 9.45. The molecule has 0 amide bonds. The van der Waals surface area contributed by atoms with Gasteiger partial charge < -0.3 is 4.42 Å². The van der Waals surface area contributed by atoms with E-state index < -0.39 is 0 Å². The van der Waals surface area contributed by atoms with E-state index in [1.54, 1.807) is 24.5 Å². The molecule has 5 heteroatoms. The molecular weight excluding hydrogens is 271 g/mol. The second-order valence-corrected chi connectivity index (χ2v) is 4.76. The van der Waals surface area contributed by atoms with E-state index in [1.165, 1.54) is 0 Å². The first-order valence-corrected chi connectivity index (χ1v) is 6.07. The Balaban J connectivity index is 2.23. The third kappa shape index (κ3) is 1.85. The Bertz CT molecular complexity index is 698. The summed E-state index contributed by atoms with van der Waals surface area (Å²) in [5, 5.41) is 1.18. The molecule has 0 saturated heterocycles. The molecule has 0 fully saturated rings. The van der Waals surface area contributed by atoms with Crippen molar-refractivity contribution in [3.05, 3.63) is 46.2 Å². The number of rotatable bonds is 1. The van der Waals surface area contributed by atoms with Crippen molar-refractivity contribution in [2.45, 2.75) is 6.92 Å². The van der Waals surface area contributed by atoms with E-state index in [2.05, 4.69) is 9.97 Å². The molecule has 0 aliphatic heterocycles. The van der Waals surface area contributed by atoms with Crippen LogP contribution in [0.4, 0.5) is 0 Å². The highest BCUT2D eigenvalue weighted by Crippen LogP contribution is 2.31. The Morgan fingerprint density at radius 2 is 2.00 bits per heavy atom. The second-order valence-electron chi connectivity index (χ2n) is 3.94. The minimum Gasteiger partial charge on any atom is -0.436 e. The lowest BCUT2D eigenvalue weighted by molar-refractivity contribution is 0.619. The molecule has 18 heavy (non-hydrogen) atoms. The van der Waals surface area contributed by atoms with E-state index in [0.29, 0.717) is 27.0 Å². The van der Waals surface area contributed by atoms with E-state index >= 15 is 0 Å². The minimum atomic E-state index is 0.471. The molecule has 0 bridgehead atoms. The number of fused-ring (bicyclic) bond motifs is 1. The van der Waals surface area contributed by atoms with Crippen LogP contribution >= 0.6 is 23.2 Å². The van der Waals surface area contributed by atoms with E-state index in [0.717, 1.165) is 11.1 Å². The first kappa shape index (κ1) is 11.5. The predicted molar refractivity (Wildman–Crippen MR) is 72.0 cm³/mol. The minimum absolute atomic E-state index is 0.471. The second kappa shape index (κ2) is 4.26. The number of aryl methyl sites for hydroxylation is 1. The fourth-order valence-electron chi connectivity index (χ4n) is 1.71. The van der Waals surface area contributed by atoms with Crippen LogP contribution in [-0.4, -0.2) is 9.97 Å². The fraction of sp³-hybridized carbons (Fsp3) is 0.0769. The summed E-state index contributed by atoms with van der Waals surface area (Å²) in [6.45, 7) is 1.92. The number of pyridine rings is 1. The number of aromatic nitrogens is 2. The molecule has 0 saturated carbocycles. The van der Waals surface area contributed by atoms with Crippen LogP contribution in [0, 0.1) is 6.92 Å². The highest BCUT2D eigenvalue weighted by atomic mass is 35.5. The monoisotopic (exact) mass is 278 g/mol. The molecule has 0 aliphatic carbocycles. The van der Waals surface area contributed by atoms with Gasteiger partial charge in [-0.2, -0.15) is 0 Å². The largest absolute Gasteiger partial charge is 0.436 e. The third-order valence-electron chi connectivity index (χ3n) is 2.67. The number of halogens is 2. The standard InChI is InChI=1S/C13H8Cl2N2O/c1-7-4-12-11(5-9(7)14)17-13(18-12)8-2-3-16-6-10(8)15/h2-6H,1H3. The zero-order chi connectivity index (χ0) is 12.7. The van der Waals surface area contributed by atoms with Crippen molar-refractivity contribution in [3.63, 3.8) is 0 Å². The molecular formula is C13H8Cl2N2O. The van der Waals surface area contributed by atoms with Crippen LogP contribution < -0.4 is 0 Å². The van der Waals surface area contributed by atoms with Crippen molar-refractivity contribution < 1.29 is 4.42 Å². The predicted octanol–water partition coefficient (Wildman–Crippen LogP) is 4.51. The first-order chi connectivity index (χ1) is 8.65. The number of hydrogen-bond donors (Lipinski definition) is 0. The van der Waals surface area contributed by atoms with Gasteiger partial charge >= 0.3 is 0 Å². The Kier molecular flexibility index (Phi) is 2.73. The number of benzene rings is 1. The maximum Gasteiger partial charge on any atom is 0.228 e. The fourth-order valence-corrected chi connectivity index (χ4v) is 2.07. The molecule has 3 nitrogen and oxygen atoms in total. The van der Waals surface area contributed by atoms with Crippen LogP contribution in [-0.2, 0) is 0 Å². The van der Waals surface area contributed by atoms with Gasteiger partial charge in [0.25, 0.3) is 0 Å². The van der Waals surface area contributed by atoms with Gasteiger partial charge in [-0.1, -0.05) is 23.2 Å². The third-order valence-corrected chi connectivity index (χ3v) is 3.38. The van der Waals surface area contributed by atoms with Crippen molar-refractivity contribution >= 4 is 34.3 Å². The average Bonchev–Trinajstić information content (AvgIpc) is 2.73. The van der Waals surface area contributed by atoms with Crippen molar-refractivity contribution in [2.24, 2.45) is 0 Å².